The third-order valence-electron chi connectivity index (χ3n) is 3.69. The molecule has 114 valence electrons. The molecule has 1 atom stereocenters. The number of hydrogen-bond donors (Lipinski definition) is 1. The number of nitrogen functional groups attached to an aromatic ring is 1. The number of hydrogen-bond acceptors (Lipinski definition) is 3. The molecular formula is C17H17ClN2O2. The van der Waals surface area contributed by atoms with E-state index in [2.05, 4.69) is 0 Å². The van der Waals surface area contributed by atoms with Crippen LogP contribution in [-0.2, 0) is 11.3 Å². The molecule has 0 aliphatic carbocycles. The summed E-state index contributed by atoms with van der Waals surface area (Å²) in [5.74, 6) is 0.605. The van der Waals surface area contributed by atoms with Gasteiger partial charge in [-0.25, -0.2) is 0 Å². The summed E-state index contributed by atoms with van der Waals surface area (Å²) in [5, 5.41) is 0.655. The minimum atomic E-state index is -0.478. The maximum Gasteiger partial charge on any atom is 0.268 e. The Morgan fingerprint density at radius 2 is 2.09 bits per heavy atom. The van der Waals surface area contributed by atoms with Crippen molar-refractivity contribution in [1.29, 1.82) is 0 Å². The van der Waals surface area contributed by atoms with E-state index in [-0.39, 0.29) is 5.91 Å². The maximum absolute atomic E-state index is 12.6. The van der Waals surface area contributed by atoms with Crippen molar-refractivity contribution in [3.8, 4) is 5.75 Å². The molecule has 5 heteroatoms. The molecule has 0 spiro atoms. The van der Waals surface area contributed by atoms with Gasteiger partial charge in [-0.05, 0) is 36.2 Å². The average Bonchev–Trinajstić information content (AvgIpc) is 2.50. The second-order valence-electron chi connectivity index (χ2n) is 5.30. The zero-order valence-corrected chi connectivity index (χ0v) is 13.0. The molecule has 0 saturated heterocycles. The Morgan fingerprint density at radius 1 is 1.27 bits per heavy atom. The third-order valence-corrected chi connectivity index (χ3v) is 3.92. The van der Waals surface area contributed by atoms with Crippen LogP contribution in [0.15, 0.2) is 42.5 Å². The highest BCUT2D eigenvalue weighted by atomic mass is 35.5. The molecule has 0 bridgehead atoms. The number of amides is 1. The maximum atomic E-state index is 12.6. The molecule has 0 fully saturated rings. The number of anilines is 2. The largest absolute Gasteiger partial charge is 0.478 e. The van der Waals surface area contributed by atoms with E-state index in [0.717, 1.165) is 11.3 Å². The summed E-state index contributed by atoms with van der Waals surface area (Å²) >= 11 is 6.03. The molecule has 2 aromatic rings. The van der Waals surface area contributed by atoms with Gasteiger partial charge in [0, 0.05) is 16.8 Å². The monoisotopic (exact) mass is 316 g/mol. The number of halogens is 1. The summed E-state index contributed by atoms with van der Waals surface area (Å²) in [6.45, 7) is 2.38. The molecule has 1 aliphatic heterocycles. The Morgan fingerprint density at radius 3 is 2.82 bits per heavy atom. The average molecular weight is 317 g/mol. The fourth-order valence-electron chi connectivity index (χ4n) is 2.58. The summed E-state index contributed by atoms with van der Waals surface area (Å²) < 4.78 is 5.77. The highest BCUT2D eigenvalue weighted by molar-refractivity contribution is 6.30. The van der Waals surface area contributed by atoms with Crippen LogP contribution in [0, 0.1) is 0 Å². The smallest absolute Gasteiger partial charge is 0.268 e. The van der Waals surface area contributed by atoms with Crippen molar-refractivity contribution < 1.29 is 9.53 Å². The molecule has 0 saturated carbocycles. The van der Waals surface area contributed by atoms with Crippen LogP contribution in [0.3, 0.4) is 0 Å². The molecule has 0 radical (unpaired) electrons. The lowest BCUT2D eigenvalue weighted by Gasteiger charge is -2.34. The van der Waals surface area contributed by atoms with Gasteiger partial charge in [-0.3, -0.25) is 4.79 Å². The van der Waals surface area contributed by atoms with Gasteiger partial charge in [-0.2, -0.15) is 0 Å². The second kappa shape index (κ2) is 5.89. The van der Waals surface area contributed by atoms with Crippen molar-refractivity contribution in [2.75, 3.05) is 10.6 Å². The molecule has 2 aromatic carbocycles. The van der Waals surface area contributed by atoms with E-state index in [9.17, 15) is 4.79 Å². The van der Waals surface area contributed by atoms with E-state index in [0.29, 0.717) is 29.4 Å². The minimum Gasteiger partial charge on any atom is -0.478 e. The van der Waals surface area contributed by atoms with Crippen LogP contribution < -0.4 is 15.4 Å². The predicted octanol–water partition coefficient (Wildman–Crippen LogP) is 3.63. The van der Waals surface area contributed by atoms with Crippen molar-refractivity contribution in [3.63, 3.8) is 0 Å². The first kappa shape index (κ1) is 14.7. The summed E-state index contributed by atoms with van der Waals surface area (Å²) in [4.78, 5) is 14.4. The fourth-order valence-corrected chi connectivity index (χ4v) is 2.80. The molecular weight excluding hydrogens is 300 g/mol. The van der Waals surface area contributed by atoms with Crippen LogP contribution in [0.25, 0.3) is 0 Å². The number of carbonyl (C=O) groups is 1. The molecule has 1 aliphatic rings. The van der Waals surface area contributed by atoms with Gasteiger partial charge in [0.25, 0.3) is 5.91 Å². The highest BCUT2D eigenvalue weighted by Gasteiger charge is 2.33. The fraction of sp³-hybridized carbons (Fsp3) is 0.235. The lowest BCUT2D eigenvalue weighted by atomic mass is 10.1. The SMILES string of the molecule is CCC1Oc2cc(N)ccc2N(Cc2cccc(Cl)c2)C1=O. The molecule has 3 rings (SSSR count). The van der Waals surface area contributed by atoms with Crippen LogP contribution in [-0.4, -0.2) is 12.0 Å². The van der Waals surface area contributed by atoms with Gasteiger partial charge in [-0.15, -0.1) is 0 Å². The Labute approximate surface area is 134 Å². The summed E-state index contributed by atoms with van der Waals surface area (Å²) in [5.41, 5.74) is 8.15. The van der Waals surface area contributed by atoms with Gasteiger partial charge in [-0.1, -0.05) is 30.7 Å². The van der Waals surface area contributed by atoms with Crippen LogP contribution >= 0.6 is 11.6 Å². The van der Waals surface area contributed by atoms with Crippen LogP contribution in [0.2, 0.25) is 5.02 Å². The molecule has 22 heavy (non-hydrogen) atoms. The first-order chi connectivity index (χ1) is 10.6. The summed E-state index contributed by atoms with van der Waals surface area (Å²) in [7, 11) is 0. The molecule has 4 nitrogen and oxygen atoms in total. The predicted molar refractivity (Wildman–Crippen MR) is 88.2 cm³/mol. The van der Waals surface area contributed by atoms with Gasteiger partial charge in [0.05, 0.1) is 12.2 Å². The van der Waals surface area contributed by atoms with Gasteiger partial charge in [0.2, 0.25) is 0 Å². The topological polar surface area (TPSA) is 55.6 Å². The van der Waals surface area contributed by atoms with Gasteiger partial charge < -0.3 is 15.4 Å². The molecule has 0 aromatic heterocycles. The zero-order chi connectivity index (χ0) is 15.7. The standard InChI is InChI=1S/C17H17ClN2O2/c1-2-15-17(21)20(10-11-4-3-5-12(18)8-11)14-7-6-13(19)9-16(14)22-15/h3-9,15H,2,10,19H2,1H3. The van der Waals surface area contributed by atoms with Crippen LogP contribution in [0.5, 0.6) is 5.75 Å². The molecule has 1 unspecified atom stereocenters. The van der Waals surface area contributed by atoms with Gasteiger partial charge >= 0.3 is 0 Å². The van der Waals surface area contributed by atoms with Crippen molar-refractivity contribution in [1.82, 2.24) is 0 Å². The number of ether oxygens (including phenoxy) is 1. The van der Waals surface area contributed by atoms with E-state index in [1.165, 1.54) is 0 Å². The zero-order valence-electron chi connectivity index (χ0n) is 12.3. The van der Waals surface area contributed by atoms with E-state index in [4.69, 9.17) is 22.1 Å². The number of nitrogens with two attached hydrogens (primary N) is 1. The molecule has 1 heterocycles. The lowest BCUT2D eigenvalue weighted by Crippen LogP contribution is -2.45. The Hall–Kier alpha value is -2.20. The van der Waals surface area contributed by atoms with E-state index in [1.54, 1.807) is 17.0 Å². The normalized spacial score (nSPS) is 17.1. The summed E-state index contributed by atoms with van der Waals surface area (Å²) in [6.07, 6.45) is 0.132. The van der Waals surface area contributed by atoms with E-state index in [1.807, 2.05) is 37.3 Å². The van der Waals surface area contributed by atoms with Crippen LogP contribution in [0.4, 0.5) is 11.4 Å². The minimum absolute atomic E-state index is 0.0419. The summed E-state index contributed by atoms with van der Waals surface area (Å²) in [6, 6.07) is 12.9. The van der Waals surface area contributed by atoms with E-state index >= 15 is 0 Å². The van der Waals surface area contributed by atoms with E-state index < -0.39 is 6.10 Å². The quantitative estimate of drug-likeness (QED) is 0.880. The van der Waals surface area contributed by atoms with Crippen molar-refractivity contribution in [2.45, 2.75) is 26.0 Å². The van der Waals surface area contributed by atoms with Crippen molar-refractivity contribution >= 4 is 28.9 Å². The van der Waals surface area contributed by atoms with Crippen LogP contribution in [0.1, 0.15) is 18.9 Å². The number of nitrogens with zero attached hydrogens (tertiary/aromatic N) is 1. The van der Waals surface area contributed by atoms with Crippen molar-refractivity contribution in [2.24, 2.45) is 0 Å². The second-order valence-corrected chi connectivity index (χ2v) is 5.73. The highest BCUT2D eigenvalue weighted by Crippen LogP contribution is 2.37. The number of rotatable bonds is 3. The van der Waals surface area contributed by atoms with Crippen molar-refractivity contribution in [3.05, 3.63) is 53.1 Å². The van der Waals surface area contributed by atoms with Gasteiger partial charge in [0.1, 0.15) is 5.75 Å². The third kappa shape index (κ3) is 2.74. The Balaban J connectivity index is 1.99. The Bertz CT molecular complexity index is 718. The first-order valence-corrected chi connectivity index (χ1v) is 7.58. The number of carbonyl (C=O) groups excluding carboxylic acids is 1. The number of fused-ring (bicyclic) bond motifs is 1. The lowest BCUT2D eigenvalue weighted by molar-refractivity contribution is -0.126. The number of benzene rings is 2. The van der Waals surface area contributed by atoms with Gasteiger partial charge in [0.15, 0.2) is 6.10 Å². The Kier molecular flexibility index (Phi) is 3.94. The molecule has 1 amide bonds. The first-order valence-electron chi connectivity index (χ1n) is 7.20. The molecule has 2 N–H and O–H groups in total.